The third-order valence-corrected chi connectivity index (χ3v) is 7.94. The highest BCUT2D eigenvalue weighted by atomic mass is 32.2. The molecular formula is C19H25N3O3S2. The van der Waals surface area contributed by atoms with E-state index in [4.69, 9.17) is 0 Å². The largest absolute Gasteiger partial charge is 0.314 e. The lowest BCUT2D eigenvalue weighted by Crippen LogP contribution is -2.51. The van der Waals surface area contributed by atoms with Crippen molar-refractivity contribution in [3.8, 4) is 0 Å². The van der Waals surface area contributed by atoms with Crippen molar-refractivity contribution in [2.24, 2.45) is 0 Å². The number of sulfonamides is 1. The number of benzene rings is 1. The van der Waals surface area contributed by atoms with Gasteiger partial charge in [0.15, 0.2) is 0 Å². The number of rotatable bonds is 5. The molecule has 1 aromatic carbocycles. The summed E-state index contributed by atoms with van der Waals surface area (Å²) < 4.78 is 27.3. The van der Waals surface area contributed by atoms with Crippen LogP contribution in [0.1, 0.15) is 9.75 Å². The van der Waals surface area contributed by atoms with Crippen molar-refractivity contribution >= 4 is 33.0 Å². The molecule has 1 aliphatic heterocycles. The Hall–Kier alpha value is -1.74. The number of nitrogens with zero attached hydrogens (tertiary/aromatic N) is 3. The van der Waals surface area contributed by atoms with Gasteiger partial charge in [0.25, 0.3) is 0 Å². The van der Waals surface area contributed by atoms with Gasteiger partial charge in [-0.25, -0.2) is 8.42 Å². The van der Waals surface area contributed by atoms with E-state index in [-0.39, 0.29) is 12.5 Å². The number of hydrogen-bond donors (Lipinski definition) is 0. The lowest BCUT2D eigenvalue weighted by atomic mass is 10.3. The van der Waals surface area contributed by atoms with Crippen molar-refractivity contribution in [1.82, 2.24) is 9.21 Å². The van der Waals surface area contributed by atoms with Gasteiger partial charge in [-0.15, -0.1) is 11.3 Å². The van der Waals surface area contributed by atoms with E-state index in [0.717, 1.165) is 15.4 Å². The van der Waals surface area contributed by atoms with Crippen LogP contribution in [0.25, 0.3) is 0 Å². The molecule has 8 heteroatoms. The zero-order valence-electron chi connectivity index (χ0n) is 15.9. The number of likely N-dealkylation sites (N-methyl/N-ethyl adjacent to an activating group) is 1. The monoisotopic (exact) mass is 407 g/mol. The van der Waals surface area contributed by atoms with E-state index >= 15 is 0 Å². The highest BCUT2D eigenvalue weighted by molar-refractivity contribution is 7.89. The number of thiophene rings is 1. The van der Waals surface area contributed by atoms with Crippen molar-refractivity contribution in [2.45, 2.75) is 18.7 Å². The van der Waals surface area contributed by atoms with E-state index in [1.807, 2.05) is 49.1 Å². The Morgan fingerprint density at radius 3 is 2.30 bits per heavy atom. The molecule has 1 fully saturated rings. The number of aryl methyl sites for hydroxylation is 2. The Bertz CT molecular complexity index is 902. The summed E-state index contributed by atoms with van der Waals surface area (Å²) >= 11 is 1.50. The smallest absolute Gasteiger partial charge is 0.244 e. The SMILES string of the molecule is Cc1cc(S(=O)(=O)N2CCN(CC(=O)N(C)c3ccccc3)CC2)c(C)s1. The second kappa shape index (κ2) is 8.10. The number of amides is 1. The number of carbonyl (C=O) groups is 1. The quantitative estimate of drug-likeness (QED) is 0.763. The highest BCUT2D eigenvalue weighted by Crippen LogP contribution is 2.28. The number of hydrogen-bond acceptors (Lipinski definition) is 5. The van der Waals surface area contributed by atoms with Crippen LogP contribution in [-0.4, -0.2) is 63.3 Å². The summed E-state index contributed by atoms with van der Waals surface area (Å²) in [6.07, 6.45) is 0. The van der Waals surface area contributed by atoms with E-state index < -0.39 is 10.0 Å². The number of carbonyl (C=O) groups excluding carboxylic acids is 1. The molecule has 146 valence electrons. The molecule has 27 heavy (non-hydrogen) atoms. The summed E-state index contributed by atoms with van der Waals surface area (Å²) in [7, 11) is -1.70. The molecule has 0 bridgehead atoms. The maximum absolute atomic E-state index is 12.9. The minimum atomic E-state index is -3.46. The van der Waals surface area contributed by atoms with Crippen LogP contribution >= 0.6 is 11.3 Å². The first-order chi connectivity index (χ1) is 12.8. The summed E-state index contributed by atoms with van der Waals surface area (Å²) in [5, 5.41) is 0. The zero-order valence-corrected chi connectivity index (χ0v) is 17.5. The standard InChI is InChI=1S/C19H25N3O3S2/c1-15-13-18(16(2)26-15)27(24,25)22-11-9-21(10-12-22)14-19(23)20(3)17-7-5-4-6-8-17/h4-8,13H,9-12,14H2,1-3H3. The molecule has 1 saturated heterocycles. The van der Waals surface area contributed by atoms with Crippen molar-refractivity contribution in [3.05, 3.63) is 46.2 Å². The fraction of sp³-hybridized carbons (Fsp3) is 0.421. The molecule has 1 aliphatic rings. The zero-order chi connectivity index (χ0) is 19.6. The minimum Gasteiger partial charge on any atom is -0.314 e. The fourth-order valence-electron chi connectivity index (χ4n) is 3.22. The summed E-state index contributed by atoms with van der Waals surface area (Å²) in [4.78, 5) is 18.4. The molecule has 0 unspecified atom stereocenters. The van der Waals surface area contributed by atoms with Crippen LogP contribution in [0.3, 0.4) is 0 Å². The minimum absolute atomic E-state index is 0.00168. The van der Waals surface area contributed by atoms with Gasteiger partial charge >= 0.3 is 0 Å². The van der Waals surface area contributed by atoms with E-state index in [2.05, 4.69) is 0 Å². The Morgan fingerprint density at radius 2 is 1.74 bits per heavy atom. The topological polar surface area (TPSA) is 60.9 Å². The summed E-state index contributed by atoms with van der Waals surface area (Å²) in [5.41, 5.74) is 0.854. The van der Waals surface area contributed by atoms with E-state index in [9.17, 15) is 13.2 Å². The Kier molecular flexibility index (Phi) is 6.00. The van der Waals surface area contributed by atoms with E-state index in [0.29, 0.717) is 31.1 Å². The molecule has 2 aromatic rings. The van der Waals surface area contributed by atoms with Gasteiger partial charge in [0.1, 0.15) is 0 Å². The summed E-state index contributed by atoms with van der Waals surface area (Å²) in [6.45, 7) is 5.96. The van der Waals surface area contributed by atoms with Gasteiger partial charge in [-0.3, -0.25) is 9.69 Å². The molecule has 0 saturated carbocycles. The predicted molar refractivity (Wildman–Crippen MR) is 109 cm³/mol. The average molecular weight is 408 g/mol. The van der Waals surface area contributed by atoms with Gasteiger partial charge in [0, 0.05) is 48.7 Å². The lowest BCUT2D eigenvalue weighted by Gasteiger charge is -2.34. The van der Waals surface area contributed by atoms with Gasteiger partial charge < -0.3 is 4.90 Å². The number of piperazine rings is 1. The van der Waals surface area contributed by atoms with E-state index in [1.54, 1.807) is 18.0 Å². The third-order valence-electron chi connectivity index (χ3n) is 4.82. The van der Waals surface area contributed by atoms with Crippen molar-refractivity contribution < 1.29 is 13.2 Å². The predicted octanol–water partition coefficient (Wildman–Crippen LogP) is 2.33. The van der Waals surface area contributed by atoms with Crippen LogP contribution in [0.4, 0.5) is 5.69 Å². The van der Waals surface area contributed by atoms with Gasteiger partial charge in [-0.2, -0.15) is 4.31 Å². The second-order valence-electron chi connectivity index (χ2n) is 6.75. The summed E-state index contributed by atoms with van der Waals surface area (Å²) in [6, 6.07) is 11.3. The van der Waals surface area contributed by atoms with Crippen LogP contribution in [-0.2, 0) is 14.8 Å². The molecule has 0 spiro atoms. The van der Waals surface area contributed by atoms with Gasteiger partial charge in [0.05, 0.1) is 11.4 Å². The van der Waals surface area contributed by atoms with Crippen LogP contribution < -0.4 is 4.90 Å². The molecular weight excluding hydrogens is 382 g/mol. The normalized spacial score (nSPS) is 16.4. The van der Waals surface area contributed by atoms with Crippen LogP contribution in [0.5, 0.6) is 0 Å². The lowest BCUT2D eigenvalue weighted by molar-refractivity contribution is -0.119. The van der Waals surface area contributed by atoms with Crippen molar-refractivity contribution in [3.63, 3.8) is 0 Å². The molecule has 0 N–H and O–H groups in total. The number of anilines is 1. The number of para-hydroxylation sites is 1. The van der Waals surface area contributed by atoms with Crippen molar-refractivity contribution in [1.29, 1.82) is 0 Å². The van der Waals surface area contributed by atoms with Gasteiger partial charge in [0.2, 0.25) is 15.9 Å². The Balaban J connectivity index is 1.59. The molecule has 1 aromatic heterocycles. The van der Waals surface area contributed by atoms with Crippen LogP contribution in [0.15, 0.2) is 41.3 Å². The fourth-order valence-corrected chi connectivity index (χ4v) is 6.17. The third kappa shape index (κ3) is 4.40. The molecule has 0 atom stereocenters. The Labute approximate surface area is 165 Å². The van der Waals surface area contributed by atoms with Gasteiger partial charge in [-0.1, -0.05) is 18.2 Å². The first-order valence-electron chi connectivity index (χ1n) is 8.90. The highest BCUT2D eigenvalue weighted by Gasteiger charge is 2.31. The van der Waals surface area contributed by atoms with Crippen LogP contribution in [0, 0.1) is 13.8 Å². The van der Waals surface area contributed by atoms with Crippen LogP contribution in [0.2, 0.25) is 0 Å². The van der Waals surface area contributed by atoms with E-state index in [1.165, 1.54) is 15.6 Å². The second-order valence-corrected chi connectivity index (χ2v) is 10.1. The molecule has 2 heterocycles. The first-order valence-corrected chi connectivity index (χ1v) is 11.2. The summed E-state index contributed by atoms with van der Waals surface area (Å²) in [5.74, 6) is 0.00168. The molecule has 3 rings (SSSR count). The molecule has 1 amide bonds. The maximum atomic E-state index is 12.9. The average Bonchev–Trinajstić information content (AvgIpc) is 3.01. The maximum Gasteiger partial charge on any atom is 0.244 e. The molecule has 6 nitrogen and oxygen atoms in total. The first kappa shape index (κ1) is 20.0. The Morgan fingerprint density at radius 1 is 1.11 bits per heavy atom. The molecule has 0 aliphatic carbocycles. The van der Waals surface area contributed by atoms with Gasteiger partial charge in [-0.05, 0) is 32.0 Å². The molecule has 0 radical (unpaired) electrons. The van der Waals surface area contributed by atoms with Crippen molar-refractivity contribution in [2.75, 3.05) is 44.7 Å².